The van der Waals surface area contributed by atoms with Crippen LogP contribution in [0.3, 0.4) is 0 Å². The maximum atomic E-state index is 12.8. The van der Waals surface area contributed by atoms with E-state index in [1.54, 1.807) is 49.1 Å². The zero-order valence-corrected chi connectivity index (χ0v) is 25.2. The third-order valence-electron chi connectivity index (χ3n) is 7.02. The molecule has 0 spiro atoms. The Morgan fingerprint density at radius 3 is 2.48 bits per heavy atom. The van der Waals surface area contributed by atoms with E-state index < -0.39 is 0 Å². The number of aryl methyl sites for hydroxylation is 2. The highest BCUT2D eigenvalue weighted by molar-refractivity contribution is 5.94. The van der Waals surface area contributed by atoms with Gasteiger partial charge in [-0.05, 0) is 68.2 Å². The Bertz CT molecular complexity index is 1470. The lowest BCUT2D eigenvalue weighted by Crippen LogP contribution is -2.30. The van der Waals surface area contributed by atoms with Crippen molar-refractivity contribution in [1.82, 2.24) is 19.4 Å². The van der Waals surface area contributed by atoms with Gasteiger partial charge >= 0.3 is 0 Å². The summed E-state index contributed by atoms with van der Waals surface area (Å²) >= 11 is 0. The van der Waals surface area contributed by atoms with Gasteiger partial charge in [-0.25, -0.2) is 0 Å². The highest BCUT2D eigenvalue weighted by atomic mass is 16.2. The van der Waals surface area contributed by atoms with Crippen molar-refractivity contribution in [3.05, 3.63) is 98.7 Å². The van der Waals surface area contributed by atoms with Gasteiger partial charge in [-0.2, -0.15) is 0 Å². The molecule has 0 fully saturated rings. The van der Waals surface area contributed by atoms with Crippen LogP contribution in [0.2, 0.25) is 0 Å². The highest BCUT2D eigenvalue weighted by Gasteiger charge is 2.17. The molecular weight excluding hydrogens is 498 g/mol. The number of nitrogens with one attached hydrogen (secondary N) is 1. The van der Waals surface area contributed by atoms with Crippen LogP contribution >= 0.6 is 0 Å². The van der Waals surface area contributed by atoms with Gasteiger partial charge in [0.2, 0.25) is 0 Å². The smallest absolute Gasteiger partial charge is 0.257 e. The molecule has 0 aliphatic carbocycles. The highest BCUT2D eigenvalue weighted by Crippen LogP contribution is 2.27. The monoisotopic (exact) mass is 541 g/mol. The number of nitrogens with zero attached hydrogens (tertiary/aromatic N) is 4. The molecule has 4 rings (SSSR count). The molecule has 0 radical (unpaired) electrons. The zero-order chi connectivity index (χ0) is 29.4. The summed E-state index contributed by atoms with van der Waals surface area (Å²) in [6.07, 6.45) is 8.96. The number of carbonyl (C=O) groups is 1. The first kappa shape index (κ1) is 30.6. The van der Waals surface area contributed by atoms with Crippen LogP contribution in [-0.2, 0) is 0 Å². The number of aromatic nitrogens is 2. The fourth-order valence-corrected chi connectivity index (χ4v) is 4.95. The molecule has 0 atom stereocenters. The van der Waals surface area contributed by atoms with E-state index >= 15 is 0 Å². The number of anilines is 1. The summed E-state index contributed by atoms with van der Waals surface area (Å²) in [5.74, 6) is 0.0255. The van der Waals surface area contributed by atoms with Crippen LogP contribution in [0.25, 0.3) is 17.3 Å². The van der Waals surface area contributed by atoms with Crippen LogP contribution in [0.1, 0.15) is 59.9 Å². The molecule has 0 saturated heterocycles. The van der Waals surface area contributed by atoms with Crippen molar-refractivity contribution in [2.75, 3.05) is 46.1 Å². The molecule has 1 aliphatic heterocycles. The molecule has 40 heavy (non-hydrogen) atoms. The topological polar surface area (TPSA) is 70.5 Å². The second-order valence-electron chi connectivity index (χ2n) is 10.1. The average molecular weight is 542 g/mol. The van der Waals surface area contributed by atoms with Crippen molar-refractivity contribution in [3.63, 3.8) is 0 Å². The number of pyridine rings is 2. The molecule has 212 valence electrons. The van der Waals surface area contributed by atoms with Gasteiger partial charge in [0, 0.05) is 81.7 Å². The number of carbonyl (C=O) groups excluding carboxylic acids is 1. The minimum absolute atomic E-state index is 0.0255. The number of hydrogen-bond acceptors (Lipinski definition) is 5. The van der Waals surface area contributed by atoms with Crippen LogP contribution in [0, 0.1) is 13.8 Å². The van der Waals surface area contributed by atoms with Gasteiger partial charge in [-0.15, -0.1) is 0 Å². The lowest BCUT2D eigenvalue weighted by atomic mass is 9.93. The van der Waals surface area contributed by atoms with Gasteiger partial charge < -0.3 is 10.2 Å². The molecule has 0 bridgehead atoms. The van der Waals surface area contributed by atoms with Gasteiger partial charge in [0.05, 0.1) is 5.69 Å². The van der Waals surface area contributed by atoms with Crippen molar-refractivity contribution in [2.45, 2.75) is 41.0 Å². The third-order valence-corrected chi connectivity index (χ3v) is 7.02. The lowest BCUT2D eigenvalue weighted by Gasteiger charge is -2.27. The number of benzene rings is 1. The van der Waals surface area contributed by atoms with Gasteiger partial charge in [0.15, 0.2) is 0 Å². The van der Waals surface area contributed by atoms with E-state index in [2.05, 4.69) is 47.3 Å². The Labute approximate surface area is 238 Å². The Morgan fingerprint density at radius 1 is 1.12 bits per heavy atom. The van der Waals surface area contributed by atoms with Gasteiger partial charge in [0.1, 0.15) is 0 Å². The minimum atomic E-state index is -0.0853. The van der Waals surface area contributed by atoms with Crippen LogP contribution in [0.15, 0.2) is 65.2 Å². The van der Waals surface area contributed by atoms with Crippen LogP contribution in [-0.4, -0.2) is 66.0 Å². The molecule has 1 amide bonds. The van der Waals surface area contributed by atoms with E-state index in [1.165, 1.54) is 16.7 Å². The van der Waals surface area contributed by atoms with Crippen LogP contribution in [0.4, 0.5) is 5.69 Å². The van der Waals surface area contributed by atoms with Crippen molar-refractivity contribution < 1.29 is 4.79 Å². The van der Waals surface area contributed by atoms with Crippen molar-refractivity contribution >= 4 is 23.2 Å². The summed E-state index contributed by atoms with van der Waals surface area (Å²) in [6, 6.07) is 11.4. The normalized spacial score (nSPS) is 13.7. The molecule has 2 aromatic heterocycles. The standard InChI is InChI=1S/C31H37N5O2.C2H6/c1-21(17-28-23(3)33-13-9-29(28)36-16-12-26(32-4)19-30(36)37)20-35-14-10-24(11-15-35)27-8-7-25(18-22(27)2)31(38)34(5)6;1-2/h7-10,12-13,16-19,32H,11,14-15,20H2,1-6H3;1-2H3/b21-17+;. The van der Waals surface area contributed by atoms with Crippen LogP contribution in [0.5, 0.6) is 0 Å². The third kappa shape index (κ3) is 7.16. The van der Waals surface area contributed by atoms with Crippen molar-refractivity contribution in [2.24, 2.45) is 0 Å². The molecule has 0 unspecified atom stereocenters. The Kier molecular flexibility index (Phi) is 10.6. The van der Waals surface area contributed by atoms with Gasteiger partial charge in [0.25, 0.3) is 11.5 Å². The minimum Gasteiger partial charge on any atom is -0.388 e. The number of rotatable bonds is 7. The summed E-state index contributed by atoms with van der Waals surface area (Å²) in [5.41, 5.74) is 9.00. The molecule has 7 heteroatoms. The molecule has 3 heterocycles. The number of amides is 1. The molecule has 3 aromatic rings. The van der Waals surface area contributed by atoms with E-state index in [0.717, 1.165) is 59.8 Å². The molecular formula is C33H43N5O2. The summed E-state index contributed by atoms with van der Waals surface area (Å²) in [5, 5.41) is 3.01. The lowest BCUT2D eigenvalue weighted by molar-refractivity contribution is 0.0827. The van der Waals surface area contributed by atoms with Crippen molar-refractivity contribution in [1.29, 1.82) is 0 Å². The molecule has 7 nitrogen and oxygen atoms in total. The first-order chi connectivity index (χ1) is 19.2. The number of hydrogen-bond donors (Lipinski definition) is 1. The summed E-state index contributed by atoms with van der Waals surface area (Å²) < 4.78 is 1.67. The Balaban J connectivity index is 0.00000216. The van der Waals surface area contributed by atoms with E-state index in [-0.39, 0.29) is 11.5 Å². The average Bonchev–Trinajstić information content (AvgIpc) is 2.95. The van der Waals surface area contributed by atoms with E-state index in [1.807, 2.05) is 45.0 Å². The fourth-order valence-electron chi connectivity index (χ4n) is 4.95. The van der Waals surface area contributed by atoms with Gasteiger partial charge in [-0.1, -0.05) is 37.6 Å². The molecule has 1 aliphatic rings. The fraction of sp³-hybridized carbons (Fsp3) is 0.364. The second kappa shape index (κ2) is 13.9. The van der Waals surface area contributed by atoms with Gasteiger partial charge in [-0.3, -0.25) is 24.0 Å². The maximum Gasteiger partial charge on any atom is 0.257 e. The zero-order valence-electron chi connectivity index (χ0n) is 25.2. The quantitative estimate of drug-likeness (QED) is 0.409. The van der Waals surface area contributed by atoms with E-state index in [9.17, 15) is 9.59 Å². The first-order valence-electron chi connectivity index (χ1n) is 14.0. The SMILES string of the molecule is CC.CNc1ccn(-c2ccnc(C)c2/C=C(\C)CN2CC=C(c3ccc(C(=O)N(C)C)cc3C)CC2)c(=O)c1. The largest absolute Gasteiger partial charge is 0.388 e. The van der Waals surface area contributed by atoms with Crippen molar-refractivity contribution in [3.8, 4) is 5.69 Å². The summed E-state index contributed by atoms with van der Waals surface area (Å²) in [6.45, 7) is 12.8. The first-order valence-corrected chi connectivity index (χ1v) is 14.0. The molecule has 1 N–H and O–H groups in total. The Hall–Kier alpha value is -3.97. The maximum absolute atomic E-state index is 12.8. The summed E-state index contributed by atoms with van der Waals surface area (Å²) in [4.78, 5) is 33.6. The predicted molar refractivity (Wildman–Crippen MR) is 167 cm³/mol. The van der Waals surface area contributed by atoms with E-state index in [4.69, 9.17) is 0 Å². The molecule has 0 saturated carbocycles. The molecule has 1 aromatic carbocycles. The van der Waals surface area contributed by atoms with E-state index in [0.29, 0.717) is 0 Å². The second-order valence-corrected chi connectivity index (χ2v) is 10.1. The summed E-state index contributed by atoms with van der Waals surface area (Å²) in [7, 11) is 5.35. The predicted octanol–water partition coefficient (Wildman–Crippen LogP) is 5.81. The Morgan fingerprint density at radius 2 is 1.88 bits per heavy atom. The van der Waals surface area contributed by atoms with Crippen LogP contribution < -0.4 is 10.9 Å².